The van der Waals surface area contributed by atoms with E-state index in [0.717, 1.165) is 38.5 Å². The molecule has 0 bridgehead atoms. The molecule has 0 aromatic carbocycles. The zero-order valence-corrected chi connectivity index (χ0v) is 22.6. The fourth-order valence-electron chi connectivity index (χ4n) is 4.29. The summed E-state index contributed by atoms with van der Waals surface area (Å²) in [5.41, 5.74) is -1.26. The second-order valence-electron chi connectivity index (χ2n) is 9.62. The number of rotatable bonds is 28. The molecule has 0 unspecified atom stereocenters. The molecule has 0 heterocycles. The fourth-order valence-corrected chi connectivity index (χ4v) is 4.29. The van der Waals surface area contributed by atoms with Crippen molar-refractivity contribution in [3.05, 3.63) is 0 Å². The van der Waals surface area contributed by atoms with Crippen LogP contribution in [0.3, 0.4) is 0 Å². The van der Waals surface area contributed by atoms with Crippen molar-refractivity contribution >= 4 is 11.9 Å². The predicted molar refractivity (Wildman–Crippen MR) is 135 cm³/mol. The number of ether oxygens (including phenoxy) is 3. The molecule has 208 valence electrons. The first kappa shape index (κ1) is 33.8. The first-order valence-electron chi connectivity index (χ1n) is 14.2. The van der Waals surface area contributed by atoms with Crippen LogP contribution in [-0.4, -0.2) is 50.6 Å². The maximum atomic E-state index is 12.2. The Bertz CT molecular complexity index is 476. The molecule has 0 amide bonds. The predicted octanol–water partition coefficient (Wildman–Crippen LogP) is 4.34. The third kappa shape index (κ3) is 20.7. The summed E-state index contributed by atoms with van der Waals surface area (Å²) in [4.78, 5) is 22.5. The Hall–Kier alpha value is -1.18. The minimum absolute atomic E-state index is 0.135. The molecule has 0 saturated carbocycles. The van der Waals surface area contributed by atoms with Gasteiger partial charge >= 0.3 is 0 Å². The Labute approximate surface area is 214 Å². The van der Waals surface area contributed by atoms with Gasteiger partial charge in [0.1, 0.15) is 5.60 Å². The quantitative estimate of drug-likeness (QED) is 0.147. The van der Waals surface area contributed by atoms with Crippen LogP contribution >= 0.6 is 0 Å². The van der Waals surface area contributed by atoms with Crippen molar-refractivity contribution in [3.63, 3.8) is 0 Å². The van der Waals surface area contributed by atoms with Gasteiger partial charge in [-0.05, 0) is 12.8 Å². The van der Waals surface area contributed by atoms with E-state index >= 15 is 0 Å². The number of carboxylic acids is 2. The van der Waals surface area contributed by atoms with E-state index in [4.69, 9.17) is 14.2 Å². The Morgan fingerprint density at radius 1 is 0.571 bits per heavy atom. The maximum absolute atomic E-state index is 12.2. The smallest absolute Gasteiger partial charge is 0.107 e. The number of unbranched alkanes of at least 4 members (excludes halogenated alkanes) is 14. The Balaban J connectivity index is 4.45. The molecule has 0 aliphatic rings. The maximum Gasteiger partial charge on any atom is 0.107 e. The molecule has 35 heavy (non-hydrogen) atoms. The van der Waals surface area contributed by atoms with Crippen molar-refractivity contribution in [3.8, 4) is 0 Å². The SMILES string of the molecule is CCCCCCCCCCC(CCCCCCCCCC)(OCCOCCOCC(=O)[O-])C(=O)[O-]. The summed E-state index contributed by atoms with van der Waals surface area (Å²) in [6.45, 7) is 4.68. The lowest BCUT2D eigenvalue weighted by atomic mass is 9.89. The van der Waals surface area contributed by atoms with E-state index in [1.807, 2.05) is 0 Å². The number of carbonyl (C=O) groups excluding carboxylic acids is 2. The highest BCUT2D eigenvalue weighted by molar-refractivity contribution is 5.75. The van der Waals surface area contributed by atoms with Crippen molar-refractivity contribution in [2.45, 2.75) is 135 Å². The monoisotopic (exact) mass is 500 g/mol. The van der Waals surface area contributed by atoms with Gasteiger partial charge in [-0.1, -0.05) is 117 Å². The second-order valence-corrected chi connectivity index (χ2v) is 9.62. The van der Waals surface area contributed by atoms with E-state index in [0.29, 0.717) is 12.8 Å². The molecule has 0 N–H and O–H groups in total. The van der Waals surface area contributed by atoms with E-state index in [9.17, 15) is 19.8 Å². The third-order valence-electron chi connectivity index (χ3n) is 6.44. The molecule has 0 atom stereocenters. The largest absolute Gasteiger partial charge is 0.548 e. The van der Waals surface area contributed by atoms with Gasteiger partial charge in [-0.2, -0.15) is 0 Å². The van der Waals surface area contributed by atoms with Gasteiger partial charge in [0.15, 0.2) is 0 Å². The summed E-state index contributed by atoms with van der Waals surface area (Å²) in [5, 5.41) is 22.5. The van der Waals surface area contributed by atoms with Crippen LogP contribution in [0.15, 0.2) is 0 Å². The molecule has 0 aromatic rings. The van der Waals surface area contributed by atoms with Crippen LogP contribution < -0.4 is 10.2 Å². The van der Waals surface area contributed by atoms with Crippen LogP contribution in [0.1, 0.15) is 129 Å². The molecular formula is C28H52O7-2. The topological polar surface area (TPSA) is 108 Å². The molecule has 7 nitrogen and oxygen atoms in total. The second kappa shape index (κ2) is 24.5. The molecule has 0 fully saturated rings. The van der Waals surface area contributed by atoms with Crippen LogP contribution in [0.2, 0.25) is 0 Å². The molecule has 0 aliphatic heterocycles. The zero-order valence-electron chi connectivity index (χ0n) is 22.6. The van der Waals surface area contributed by atoms with Crippen molar-refractivity contribution in [1.82, 2.24) is 0 Å². The summed E-state index contributed by atoms with van der Waals surface area (Å²) in [7, 11) is 0. The van der Waals surface area contributed by atoms with Crippen LogP contribution in [0.4, 0.5) is 0 Å². The lowest BCUT2D eigenvalue weighted by molar-refractivity contribution is -0.329. The third-order valence-corrected chi connectivity index (χ3v) is 6.44. The summed E-state index contributed by atoms with van der Waals surface area (Å²) >= 11 is 0. The van der Waals surface area contributed by atoms with Crippen LogP contribution in [0.5, 0.6) is 0 Å². The van der Waals surface area contributed by atoms with Crippen molar-refractivity contribution in [1.29, 1.82) is 0 Å². The summed E-state index contributed by atoms with van der Waals surface area (Å²) in [6.07, 6.45) is 19.3. The minimum Gasteiger partial charge on any atom is -0.548 e. The van der Waals surface area contributed by atoms with Crippen LogP contribution in [0.25, 0.3) is 0 Å². The molecule has 0 spiro atoms. The highest BCUT2D eigenvalue weighted by atomic mass is 16.6. The van der Waals surface area contributed by atoms with E-state index in [-0.39, 0.29) is 26.4 Å². The van der Waals surface area contributed by atoms with Crippen LogP contribution in [-0.2, 0) is 23.8 Å². The number of carbonyl (C=O) groups is 2. The van der Waals surface area contributed by atoms with Crippen LogP contribution in [0, 0.1) is 0 Å². The van der Waals surface area contributed by atoms with Gasteiger partial charge < -0.3 is 34.0 Å². The Morgan fingerprint density at radius 2 is 0.971 bits per heavy atom. The van der Waals surface area contributed by atoms with Gasteiger partial charge in [-0.3, -0.25) is 0 Å². The van der Waals surface area contributed by atoms with E-state index in [1.54, 1.807) is 0 Å². The van der Waals surface area contributed by atoms with Gasteiger partial charge in [0, 0.05) is 0 Å². The van der Waals surface area contributed by atoms with Gasteiger partial charge in [0.05, 0.1) is 45.0 Å². The molecule has 0 rings (SSSR count). The number of carboxylic acid groups (broad SMARTS) is 2. The summed E-state index contributed by atoms with van der Waals surface area (Å²) in [6, 6.07) is 0. The number of hydrogen-bond acceptors (Lipinski definition) is 7. The molecular weight excluding hydrogens is 448 g/mol. The first-order valence-corrected chi connectivity index (χ1v) is 14.2. The van der Waals surface area contributed by atoms with Gasteiger partial charge in [-0.25, -0.2) is 0 Å². The standard InChI is InChI=1S/C28H54O7/c1-3-5-7-9-11-13-15-17-19-28(27(31)32,20-18-16-14-12-10-8-6-4-2)35-24-23-33-21-22-34-25-26(29)30/h3-25H2,1-2H3,(H,29,30)(H,31,32)/p-2. The minimum atomic E-state index is -1.27. The number of hydrogen-bond donors (Lipinski definition) is 0. The van der Waals surface area contributed by atoms with E-state index in [2.05, 4.69) is 13.8 Å². The average molecular weight is 501 g/mol. The molecule has 7 heteroatoms. The lowest BCUT2D eigenvalue weighted by Crippen LogP contribution is -2.51. The molecule has 0 radical (unpaired) electrons. The van der Waals surface area contributed by atoms with Gasteiger partial charge in [0.25, 0.3) is 0 Å². The molecule has 0 aliphatic carbocycles. The van der Waals surface area contributed by atoms with Gasteiger partial charge in [-0.15, -0.1) is 0 Å². The highest BCUT2D eigenvalue weighted by Gasteiger charge is 2.31. The molecule has 0 saturated heterocycles. The Kier molecular flexibility index (Phi) is 23.7. The fraction of sp³-hybridized carbons (Fsp3) is 0.929. The summed E-state index contributed by atoms with van der Waals surface area (Å²) < 4.78 is 16.2. The van der Waals surface area contributed by atoms with E-state index in [1.165, 1.54) is 64.2 Å². The highest BCUT2D eigenvalue weighted by Crippen LogP contribution is 2.27. The van der Waals surface area contributed by atoms with Crippen molar-refractivity contribution in [2.75, 3.05) is 33.0 Å². The van der Waals surface area contributed by atoms with E-state index < -0.39 is 24.1 Å². The molecule has 0 aromatic heterocycles. The zero-order chi connectivity index (χ0) is 26.0. The van der Waals surface area contributed by atoms with Crippen molar-refractivity contribution < 1.29 is 34.0 Å². The Morgan fingerprint density at radius 3 is 1.40 bits per heavy atom. The number of aliphatic carboxylic acids is 2. The average Bonchev–Trinajstić information content (AvgIpc) is 2.83. The first-order chi connectivity index (χ1) is 17.0. The normalized spacial score (nSPS) is 11.7. The van der Waals surface area contributed by atoms with Gasteiger partial charge in [0.2, 0.25) is 0 Å². The summed E-state index contributed by atoms with van der Waals surface area (Å²) in [5.74, 6) is -2.39. The van der Waals surface area contributed by atoms with Crippen molar-refractivity contribution in [2.24, 2.45) is 0 Å². The lowest BCUT2D eigenvalue weighted by Gasteiger charge is -2.35.